The summed E-state index contributed by atoms with van der Waals surface area (Å²) in [4.78, 5) is 47.4. The molecule has 1 saturated carbocycles. The summed E-state index contributed by atoms with van der Waals surface area (Å²) in [5, 5.41) is 11.7. The van der Waals surface area contributed by atoms with E-state index >= 15 is 0 Å². The fourth-order valence-corrected chi connectivity index (χ4v) is 4.15. The molecule has 2 aromatic carbocycles. The van der Waals surface area contributed by atoms with Gasteiger partial charge in [-0.2, -0.15) is 0 Å². The smallest absolute Gasteiger partial charge is 0.326 e. The van der Waals surface area contributed by atoms with Crippen LogP contribution < -0.4 is 15.8 Å². The van der Waals surface area contributed by atoms with Gasteiger partial charge in [0.15, 0.2) is 5.78 Å². The molecule has 0 unspecified atom stereocenters. The van der Waals surface area contributed by atoms with Crippen molar-refractivity contribution in [2.45, 2.75) is 37.8 Å². The van der Waals surface area contributed by atoms with Gasteiger partial charge in [0, 0.05) is 17.0 Å². The number of carbonyl (C=O) groups excluding carboxylic acids is 3. The number of hydrogen-bond acceptors (Lipinski definition) is 5. The number of carbonyl (C=O) groups is 4. The van der Waals surface area contributed by atoms with E-state index < -0.39 is 36.2 Å². The van der Waals surface area contributed by atoms with Crippen molar-refractivity contribution in [3.8, 4) is 5.75 Å². The second-order valence-corrected chi connectivity index (χ2v) is 8.51. The van der Waals surface area contributed by atoms with Crippen molar-refractivity contribution in [1.29, 1.82) is 0 Å². The number of amides is 2. The highest BCUT2D eigenvalue weighted by atomic mass is 35.5. The molecular formula is C23H22Cl2N2O6. The number of ketones is 1. The van der Waals surface area contributed by atoms with Crippen LogP contribution in [0.3, 0.4) is 0 Å². The van der Waals surface area contributed by atoms with Gasteiger partial charge in [-0.1, -0.05) is 53.5 Å². The summed E-state index contributed by atoms with van der Waals surface area (Å²) in [6.07, 6.45) is 0.479. The van der Waals surface area contributed by atoms with Gasteiger partial charge in [-0.25, -0.2) is 4.79 Å². The molecule has 33 heavy (non-hydrogen) atoms. The molecule has 10 heteroatoms. The Hall–Kier alpha value is -3.10. The average Bonchev–Trinajstić information content (AvgIpc) is 3.25. The SMILES string of the molecule is NC(=O)C[C@H](NC(=O)[C@H]1CC[C@H](Oc2ccc(C(=O)c3ccccc3)c(Cl)c2Cl)C1)C(=O)O. The van der Waals surface area contributed by atoms with Gasteiger partial charge < -0.3 is 20.9 Å². The highest BCUT2D eigenvalue weighted by molar-refractivity contribution is 6.45. The number of primary amides is 1. The van der Waals surface area contributed by atoms with E-state index in [1.54, 1.807) is 42.5 Å². The maximum Gasteiger partial charge on any atom is 0.326 e. The lowest BCUT2D eigenvalue weighted by molar-refractivity contribution is -0.143. The predicted molar refractivity (Wildman–Crippen MR) is 121 cm³/mol. The third-order valence-electron chi connectivity index (χ3n) is 5.40. The number of nitrogens with two attached hydrogens (primary N) is 1. The second kappa shape index (κ2) is 10.7. The standard InChI is InChI=1S/C23H22Cl2N2O6/c24-19-15(21(29)12-4-2-1-3-5-12)8-9-17(20(19)25)33-14-7-6-13(10-14)22(30)27-16(23(31)32)11-18(26)28/h1-5,8-9,13-14,16H,6-7,10-11H2,(H2,26,28)(H,27,30)(H,31,32)/t13-,14-,16-/m0/s1. The Morgan fingerprint density at radius 1 is 1.06 bits per heavy atom. The number of nitrogens with one attached hydrogen (secondary N) is 1. The number of ether oxygens (including phenoxy) is 1. The molecule has 2 amide bonds. The van der Waals surface area contributed by atoms with E-state index in [1.165, 1.54) is 0 Å². The van der Waals surface area contributed by atoms with E-state index in [1.807, 2.05) is 0 Å². The molecule has 0 saturated heterocycles. The number of carboxylic acid groups (broad SMARTS) is 1. The van der Waals surface area contributed by atoms with Gasteiger partial charge in [-0.15, -0.1) is 0 Å². The topological polar surface area (TPSA) is 136 Å². The minimum absolute atomic E-state index is 0.0751. The van der Waals surface area contributed by atoms with E-state index in [9.17, 15) is 19.2 Å². The molecule has 0 bridgehead atoms. The van der Waals surface area contributed by atoms with Gasteiger partial charge in [-0.3, -0.25) is 14.4 Å². The van der Waals surface area contributed by atoms with Gasteiger partial charge in [0.2, 0.25) is 11.8 Å². The zero-order valence-corrected chi connectivity index (χ0v) is 18.9. The highest BCUT2D eigenvalue weighted by Crippen LogP contribution is 2.38. The highest BCUT2D eigenvalue weighted by Gasteiger charge is 2.34. The van der Waals surface area contributed by atoms with Gasteiger partial charge in [0.25, 0.3) is 0 Å². The van der Waals surface area contributed by atoms with E-state index in [0.29, 0.717) is 24.8 Å². The van der Waals surface area contributed by atoms with Crippen molar-refractivity contribution >= 4 is 46.8 Å². The molecule has 1 aliphatic carbocycles. The Morgan fingerprint density at radius 3 is 2.39 bits per heavy atom. The van der Waals surface area contributed by atoms with Crippen LogP contribution in [0.25, 0.3) is 0 Å². The van der Waals surface area contributed by atoms with Crippen molar-refractivity contribution < 1.29 is 29.0 Å². The van der Waals surface area contributed by atoms with Crippen molar-refractivity contribution in [2.75, 3.05) is 0 Å². The summed E-state index contributed by atoms with van der Waals surface area (Å²) in [6, 6.07) is 10.4. The van der Waals surface area contributed by atoms with Gasteiger partial charge in [0.05, 0.1) is 17.5 Å². The van der Waals surface area contributed by atoms with Crippen molar-refractivity contribution in [1.82, 2.24) is 5.32 Å². The first kappa shape index (κ1) is 24.5. The summed E-state index contributed by atoms with van der Waals surface area (Å²) in [5.41, 5.74) is 5.76. The van der Waals surface area contributed by atoms with Crippen LogP contribution in [0.5, 0.6) is 5.75 Å². The van der Waals surface area contributed by atoms with E-state index in [-0.39, 0.29) is 33.2 Å². The first-order chi connectivity index (χ1) is 15.7. The predicted octanol–water partition coefficient (Wildman–Crippen LogP) is 3.22. The lowest BCUT2D eigenvalue weighted by Crippen LogP contribution is -2.45. The third kappa shape index (κ3) is 6.03. The maximum atomic E-state index is 12.7. The summed E-state index contributed by atoms with van der Waals surface area (Å²) < 4.78 is 5.93. The zero-order valence-electron chi connectivity index (χ0n) is 17.4. The summed E-state index contributed by atoms with van der Waals surface area (Å²) in [7, 11) is 0. The Bertz CT molecular complexity index is 1080. The molecule has 3 atom stereocenters. The van der Waals surface area contributed by atoms with Gasteiger partial charge >= 0.3 is 5.97 Å². The zero-order chi connectivity index (χ0) is 24.1. The maximum absolute atomic E-state index is 12.7. The van der Waals surface area contributed by atoms with Crippen molar-refractivity contribution in [2.24, 2.45) is 11.7 Å². The Morgan fingerprint density at radius 2 is 1.76 bits per heavy atom. The van der Waals surface area contributed by atoms with Crippen LogP contribution in [-0.2, 0) is 14.4 Å². The first-order valence-electron chi connectivity index (χ1n) is 10.2. The van der Waals surface area contributed by atoms with Crippen molar-refractivity contribution in [3.05, 3.63) is 63.6 Å². The molecule has 2 aromatic rings. The minimum atomic E-state index is -1.38. The lowest BCUT2D eigenvalue weighted by atomic mass is 10.0. The van der Waals surface area contributed by atoms with Gasteiger partial charge in [-0.05, 0) is 31.4 Å². The number of carboxylic acids is 1. The van der Waals surface area contributed by atoms with E-state index in [4.69, 9.17) is 38.8 Å². The number of aliphatic carboxylic acids is 1. The molecule has 0 aliphatic heterocycles. The van der Waals surface area contributed by atoms with Crippen LogP contribution >= 0.6 is 23.2 Å². The van der Waals surface area contributed by atoms with Crippen molar-refractivity contribution in [3.63, 3.8) is 0 Å². The van der Waals surface area contributed by atoms with Crippen LogP contribution in [0.4, 0.5) is 0 Å². The Kier molecular flexibility index (Phi) is 7.94. The van der Waals surface area contributed by atoms with Gasteiger partial charge in [0.1, 0.15) is 16.8 Å². The Labute approximate surface area is 200 Å². The fraction of sp³-hybridized carbons (Fsp3) is 0.304. The largest absolute Gasteiger partial charge is 0.489 e. The fourth-order valence-electron chi connectivity index (χ4n) is 3.70. The van der Waals surface area contributed by atoms with Crippen LogP contribution in [0.15, 0.2) is 42.5 Å². The molecule has 8 nitrogen and oxygen atoms in total. The lowest BCUT2D eigenvalue weighted by Gasteiger charge is -2.18. The van der Waals surface area contributed by atoms with E-state index in [0.717, 1.165) is 0 Å². The molecule has 3 rings (SSSR count). The number of halogens is 2. The molecule has 174 valence electrons. The van der Waals surface area contributed by atoms with Crippen LogP contribution in [0.2, 0.25) is 10.0 Å². The minimum Gasteiger partial charge on any atom is -0.489 e. The molecule has 0 radical (unpaired) electrons. The van der Waals surface area contributed by atoms with Crippen LogP contribution in [0.1, 0.15) is 41.6 Å². The van der Waals surface area contributed by atoms with E-state index in [2.05, 4.69) is 5.32 Å². The third-order valence-corrected chi connectivity index (χ3v) is 6.26. The van der Waals surface area contributed by atoms with Crippen LogP contribution in [-0.4, -0.2) is 40.8 Å². The Balaban J connectivity index is 1.64. The summed E-state index contributed by atoms with van der Waals surface area (Å²) in [6.45, 7) is 0. The first-order valence-corrected chi connectivity index (χ1v) is 11.0. The van der Waals surface area contributed by atoms with Crippen LogP contribution in [0, 0.1) is 5.92 Å². The molecule has 0 aromatic heterocycles. The average molecular weight is 493 g/mol. The molecule has 1 aliphatic rings. The molecule has 0 heterocycles. The number of benzene rings is 2. The normalized spacial score (nSPS) is 18.4. The molecule has 4 N–H and O–H groups in total. The summed E-state index contributed by atoms with van der Waals surface area (Å²) in [5.74, 6) is -3.11. The number of rotatable bonds is 9. The molecule has 1 fully saturated rings. The quantitative estimate of drug-likeness (QED) is 0.459. The monoisotopic (exact) mass is 492 g/mol. The number of hydrogen-bond donors (Lipinski definition) is 3. The summed E-state index contributed by atoms with van der Waals surface area (Å²) >= 11 is 12.7. The molecular weight excluding hydrogens is 471 g/mol. The second-order valence-electron chi connectivity index (χ2n) is 7.75. The molecule has 0 spiro atoms.